The molecule has 0 spiro atoms. The summed E-state index contributed by atoms with van der Waals surface area (Å²) in [5, 5.41) is 3.72. The van der Waals surface area contributed by atoms with Gasteiger partial charge in [-0.25, -0.2) is 0 Å². The zero-order valence-corrected chi connectivity index (χ0v) is 9.60. The second kappa shape index (κ2) is 5.16. The summed E-state index contributed by atoms with van der Waals surface area (Å²) >= 11 is 0. The Labute approximate surface area is 88.7 Å². The van der Waals surface area contributed by atoms with Crippen LogP contribution in [-0.4, -0.2) is 12.6 Å². The van der Waals surface area contributed by atoms with Gasteiger partial charge in [-0.15, -0.1) is 0 Å². The lowest BCUT2D eigenvalue weighted by Crippen LogP contribution is -2.41. The Hall–Kier alpha value is -0.0400. The lowest BCUT2D eigenvalue weighted by atomic mass is 9.71. The van der Waals surface area contributed by atoms with Gasteiger partial charge in [0.25, 0.3) is 0 Å². The number of rotatable bonds is 3. The molecule has 0 aromatic rings. The van der Waals surface area contributed by atoms with Gasteiger partial charge in [0, 0.05) is 6.04 Å². The molecule has 0 aromatic carbocycles. The van der Waals surface area contributed by atoms with E-state index in [0.717, 1.165) is 24.4 Å². The van der Waals surface area contributed by atoms with E-state index in [0.29, 0.717) is 0 Å². The van der Waals surface area contributed by atoms with Crippen LogP contribution in [0.3, 0.4) is 0 Å². The Bertz CT molecular complexity index is 163. The van der Waals surface area contributed by atoms with Crippen LogP contribution in [0, 0.1) is 11.8 Å². The predicted molar refractivity (Wildman–Crippen MR) is 61.4 cm³/mol. The topological polar surface area (TPSA) is 12.0 Å². The minimum Gasteiger partial charge on any atom is -0.314 e. The standard InChI is InChI=1S/C13H25N/c1-2-14-13-10-5-3-4-9-12(13)11-7-6-8-11/h11-14H,2-10H2,1H3. The van der Waals surface area contributed by atoms with Crippen molar-refractivity contribution in [1.29, 1.82) is 0 Å². The Kier molecular flexibility index (Phi) is 3.86. The third kappa shape index (κ3) is 2.31. The molecule has 0 saturated heterocycles. The molecule has 2 aliphatic carbocycles. The van der Waals surface area contributed by atoms with Gasteiger partial charge in [-0.05, 0) is 31.2 Å². The molecule has 0 amide bonds. The summed E-state index contributed by atoms with van der Waals surface area (Å²) in [6, 6.07) is 0.854. The second-order valence-electron chi connectivity index (χ2n) is 5.16. The second-order valence-corrected chi connectivity index (χ2v) is 5.16. The van der Waals surface area contributed by atoms with Gasteiger partial charge in [-0.1, -0.05) is 45.4 Å². The first kappa shape index (κ1) is 10.5. The molecule has 2 unspecified atom stereocenters. The van der Waals surface area contributed by atoms with Crippen molar-refractivity contribution in [1.82, 2.24) is 5.32 Å². The van der Waals surface area contributed by atoms with Gasteiger partial charge in [0.05, 0.1) is 0 Å². The molecule has 2 fully saturated rings. The average Bonchev–Trinajstić information content (AvgIpc) is 2.30. The lowest BCUT2D eigenvalue weighted by Gasteiger charge is -2.38. The van der Waals surface area contributed by atoms with Crippen molar-refractivity contribution in [3.8, 4) is 0 Å². The SMILES string of the molecule is CCNC1CCCCCC1C1CCC1. The van der Waals surface area contributed by atoms with Gasteiger partial charge in [0.1, 0.15) is 0 Å². The zero-order chi connectivity index (χ0) is 9.80. The van der Waals surface area contributed by atoms with E-state index in [2.05, 4.69) is 12.2 Å². The van der Waals surface area contributed by atoms with Crippen LogP contribution in [-0.2, 0) is 0 Å². The fraction of sp³-hybridized carbons (Fsp3) is 1.00. The van der Waals surface area contributed by atoms with Crippen LogP contribution in [0.2, 0.25) is 0 Å². The fourth-order valence-electron chi connectivity index (χ4n) is 3.28. The maximum Gasteiger partial charge on any atom is 0.00978 e. The number of nitrogens with one attached hydrogen (secondary N) is 1. The van der Waals surface area contributed by atoms with Crippen molar-refractivity contribution in [3.63, 3.8) is 0 Å². The molecule has 0 aliphatic heterocycles. The highest BCUT2D eigenvalue weighted by Gasteiger charge is 2.33. The molecule has 1 nitrogen and oxygen atoms in total. The highest BCUT2D eigenvalue weighted by Crippen LogP contribution is 2.40. The van der Waals surface area contributed by atoms with Crippen LogP contribution in [0.4, 0.5) is 0 Å². The van der Waals surface area contributed by atoms with Crippen molar-refractivity contribution in [2.45, 2.75) is 64.3 Å². The highest BCUT2D eigenvalue weighted by atomic mass is 14.9. The van der Waals surface area contributed by atoms with E-state index in [-0.39, 0.29) is 0 Å². The molecule has 0 radical (unpaired) electrons. The van der Waals surface area contributed by atoms with Crippen LogP contribution in [0.15, 0.2) is 0 Å². The first-order valence-electron chi connectivity index (χ1n) is 6.65. The summed E-state index contributed by atoms with van der Waals surface area (Å²) in [6.45, 7) is 3.41. The van der Waals surface area contributed by atoms with E-state index in [1.165, 1.54) is 51.4 Å². The first-order chi connectivity index (χ1) is 6.92. The maximum atomic E-state index is 3.72. The van der Waals surface area contributed by atoms with E-state index in [4.69, 9.17) is 0 Å². The van der Waals surface area contributed by atoms with Crippen LogP contribution in [0.5, 0.6) is 0 Å². The molecule has 2 aliphatic rings. The molecule has 14 heavy (non-hydrogen) atoms. The minimum atomic E-state index is 0.854. The molecular formula is C13H25N. The third-order valence-electron chi connectivity index (χ3n) is 4.29. The molecule has 2 rings (SSSR count). The van der Waals surface area contributed by atoms with Crippen LogP contribution in [0.1, 0.15) is 58.3 Å². The molecule has 82 valence electrons. The van der Waals surface area contributed by atoms with E-state index < -0.39 is 0 Å². The van der Waals surface area contributed by atoms with Gasteiger partial charge in [-0.3, -0.25) is 0 Å². The zero-order valence-electron chi connectivity index (χ0n) is 9.60. The Morgan fingerprint density at radius 1 is 0.929 bits per heavy atom. The van der Waals surface area contributed by atoms with E-state index in [1.807, 2.05) is 0 Å². The smallest absolute Gasteiger partial charge is 0.00978 e. The largest absolute Gasteiger partial charge is 0.314 e. The van der Waals surface area contributed by atoms with Crippen LogP contribution in [0.25, 0.3) is 0 Å². The van der Waals surface area contributed by atoms with Crippen LogP contribution < -0.4 is 5.32 Å². The Morgan fingerprint density at radius 3 is 2.36 bits per heavy atom. The van der Waals surface area contributed by atoms with Gasteiger partial charge in [0.2, 0.25) is 0 Å². The van der Waals surface area contributed by atoms with Gasteiger partial charge < -0.3 is 5.32 Å². The molecule has 2 atom stereocenters. The van der Waals surface area contributed by atoms with Crippen molar-refractivity contribution in [2.24, 2.45) is 11.8 Å². The molecule has 1 heteroatoms. The quantitative estimate of drug-likeness (QED) is 0.681. The van der Waals surface area contributed by atoms with E-state index >= 15 is 0 Å². The molecule has 1 N–H and O–H groups in total. The first-order valence-corrected chi connectivity index (χ1v) is 6.65. The number of hydrogen-bond donors (Lipinski definition) is 1. The summed E-state index contributed by atoms with van der Waals surface area (Å²) in [5.41, 5.74) is 0. The van der Waals surface area contributed by atoms with Crippen molar-refractivity contribution in [2.75, 3.05) is 6.54 Å². The molecule has 2 saturated carbocycles. The monoisotopic (exact) mass is 195 g/mol. The summed E-state index contributed by atoms with van der Waals surface area (Å²) in [7, 11) is 0. The molecule has 0 bridgehead atoms. The number of hydrogen-bond acceptors (Lipinski definition) is 1. The maximum absolute atomic E-state index is 3.72. The lowest BCUT2D eigenvalue weighted by molar-refractivity contribution is 0.153. The molecular weight excluding hydrogens is 170 g/mol. The van der Waals surface area contributed by atoms with Crippen molar-refractivity contribution >= 4 is 0 Å². The average molecular weight is 195 g/mol. The third-order valence-corrected chi connectivity index (χ3v) is 4.29. The van der Waals surface area contributed by atoms with Crippen LogP contribution >= 0.6 is 0 Å². The molecule has 0 aromatic heterocycles. The van der Waals surface area contributed by atoms with Gasteiger partial charge in [0.15, 0.2) is 0 Å². The Morgan fingerprint density at radius 2 is 1.71 bits per heavy atom. The highest BCUT2D eigenvalue weighted by molar-refractivity contribution is 4.87. The van der Waals surface area contributed by atoms with Crippen molar-refractivity contribution < 1.29 is 0 Å². The van der Waals surface area contributed by atoms with Gasteiger partial charge in [-0.2, -0.15) is 0 Å². The Balaban J connectivity index is 1.91. The summed E-state index contributed by atoms with van der Waals surface area (Å²) in [4.78, 5) is 0. The molecule has 0 heterocycles. The van der Waals surface area contributed by atoms with Gasteiger partial charge >= 0.3 is 0 Å². The minimum absolute atomic E-state index is 0.854. The predicted octanol–water partition coefficient (Wildman–Crippen LogP) is 3.34. The summed E-state index contributed by atoms with van der Waals surface area (Å²) < 4.78 is 0. The fourth-order valence-corrected chi connectivity index (χ4v) is 3.28. The normalized spacial score (nSPS) is 34.9. The van der Waals surface area contributed by atoms with E-state index in [1.54, 1.807) is 0 Å². The van der Waals surface area contributed by atoms with E-state index in [9.17, 15) is 0 Å². The van der Waals surface area contributed by atoms with Crippen molar-refractivity contribution in [3.05, 3.63) is 0 Å². The summed E-state index contributed by atoms with van der Waals surface area (Å²) in [5.74, 6) is 2.10. The summed E-state index contributed by atoms with van der Waals surface area (Å²) in [6.07, 6.45) is 11.9.